The summed E-state index contributed by atoms with van der Waals surface area (Å²) in [5.41, 5.74) is 0.242. The molecule has 0 aliphatic heterocycles. The third-order valence-electron chi connectivity index (χ3n) is 6.00. The van der Waals surface area contributed by atoms with Crippen molar-refractivity contribution < 1.29 is 9.53 Å². The molecule has 0 N–H and O–H groups in total. The number of rotatable bonds is 4. The van der Waals surface area contributed by atoms with Gasteiger partial charge in [-0.15, -0.1) is 0 Å². The highest BCUT2D eigenvalue weighted by Gasteiger charge is 2.53. The zero-order valence-corrected chi connectivity index (χ0v) is 18.3. The molecule has 4 fully saturated rings. The number of carbonyl (C=O) groups is 1. The maximum atomic E-state index is 13.2. The van der Waals surface area contributed by atoms with E-state index in [1.807, 2.05) is 0 Å². The normalized spacial score (nSPS) is 37.3. The van der Waals surface area contributed by atoms with Crippen LogP contribution in [0.4, 0.5) is 4.79 Å². The molecule has 0 spiro atoms. The number of carbonyl (C=O) groups excluding carboxylic acids is 1. The van der Waals surface area contributed by atoms with E-state index in [1.165, 1.54) is 38.5 Å². The lowest BCUT2D eigenvalue weighted by atomic mass is 9.54. The van der Waals surface area contributed by atoms with Crippen LogP contribution >= 0.6 is 0 Å². The van der Waals surface area contributed by atoms with E-state index in [-0.39, 0.29) is 11.2 Å². The van der Waals surface area contributed by atoms with Gasteiger partial charge >= 0.3 is 0 Å². The predicted molar refractivity (Wildman–Crippen MR) is 99.8 cm³/mol. The summed E-state index contributed by atoms with van der Waals surface area (Å²) >= 11 is 0. The van der Waals surface area contributed by atoms with Crippen LogP contribution in [0.15, 0.2) is 0 Å². The Morgan fingerprint density at radius 3 is 1.55 bits per heavy atom. The molecule has 22 heavy (non-hydrogen) atoms. The highest BCUT2D eigenvalue weighted by atomic mass is 29.6. The van der Waals surface area contributed by atoms with E-state index < -0.39 is 23.0 Å². The smallest absolute Gasteiger partial charge is 0.134 e. The van der Waals surface area contributed by atoms with Gasteiger partial charge in [0, 0.05) is 0 Å². The monoisotopic (exact) mass is 353 g/mol. The van der Waals surface area contributed by atoms with Crippen molar-refractivity contribution in [2.24, 2.45) is 17.8 Å². The molecule has 0 heterocycles. The fraction of sp³-hybridized carbons (Fsp3) is 0.941. The summed E-state index contributed by atoms with van der Waals surface area (Å²) in [6.45, 7) is 14.3. The lowest BCUT2D eigenvalue weighted by Crippen LogP contribution is -2.65. The van der Waals surface area contributed by atoms with Gasteiger partial charge in [-0.2, -0.15) is 7.83 Å². The van der Waals surface area contributed by atoms with E-state index in [0.717, 1.165) is 17.8 Å². The van der Waals surface area contributed by atoms with E-state index in [2.05, 4.69) is 39.3 Å². The molecule has 0 aromatic heterocycles. The standard InChI is InChI=1S/C17H33O2Si3/c1-21(2,3)20(22(4,5)6)16(18)19-17-10-13-7-14(11-17)9-15(8-13)12-17/h13-15H,7-12H2,1-6H3/q-1. The Morgan fingerprint density at radius 1 is 0.864 bits per heavy atom. The van der Waals surface area contributed by atoms with Crippen LogP contribution in [-0.2, 0) is 4.74 Å². The molecule has 0 saturated heterocycles. The Labute approximate surface area is 139 Å². The molecule has 4 bridgehead atoms. The van der Waals surface area contributed by atoms with Gasteiger partial charge in [0.15, 0.2) is 0 Å². The fourth-order valence-electron chi connectivity index (χ4n) is 6.14. The molecule has 4 aliphatic rings. The molecule has 0 amide bonds. The van der Waals surface area contributed by atoms with Crippen LogP contribution in [0.1, 0.15) is 38.5 Å². The van der Waals surface area contributed by atoms with Crippen molar-refractivity contribution in [2.75, 3.05) is 0 Å². The van der Waals surface area contributed by atoms with Crippen molar-refractivity contribution in [1.82, 2.24) is 0 Å². The fourth-order valence-corrected chi connectivity index (χ4v) is 40.9. The molecule has 126 valence electrons. The molecule has 0 unspecified atom stereocenters. The SMILES string of the molecule is C[Si](C)(C)[Si-](C(=O)OC12CC3CC(CC(C3)C1)C2)[Si](C)(C)C. The summed E-state index contributed by atoms with van der Waals surface area (Å²) in [6.07, 6.45) is 7.77. The molecular weight excluding hydrogens is 320 g/mol. The molecule has 2 nitrogen and oxygen atoms in total. The largest absolute Gasteiger partial charge is 0.489 e. The second-order valence-electron chi connectivity index (χ2n) is 10.4. The van der Waals surface area contributed by atoms with Gasteiger partial charge in [0.25, 0.3) is 0 Å². The van der Waals surface area contributed by atoms with Gasteiger partial charge in [-0.1, -0.05) is 54.5 Å². The van der Waals surface area contributed by atoms with Crippen molar-refractivity contribution in [1.29, 1.82) is 0 Å². The van der Waals surface area contributed by atoms with Gasteiger partial charge in [0.1, 0.15) is 11.2 Å². The van der Waals surface area contributed by atoms with Gasteiger partial charge < -0.3 is 4.74 Å². The lowest BCUT2D eigenvalue weighted by Gasteiger charge is -2.58. The van der Waals surface area contributed by atoms with Crippen LogP contribution in [0.5, 0.6) is 0 Å². The maximum absolute atomic E-state index is 13.2. The molecule has 0 aromatic rings. The minimum Gasteiger partial charge on any atom is -0.489 e. The van der Waals surface area contributed by atoms with Crippen molar-refractivity contribution in [3.05, 3.63) is 0 Å². The first-order chi connectivity index (χ1) is 9.98. The van der Waals surface area contributed by atoms with Crippen LogP contribution < -0.4 is 0 Å². The molecule has 5 heteroatoms. The Morgan fingerprint density at radius 2 is 1.23 bits per heavy atom. The average Bonchev–Trinajstić information content (AvgIpc) is 2.20. The first-order valence-electron chi connectivity index (χ1n) is 9.10. The number of ether oxygens (including phenoxy) is 1. The topological polar surface area (TPSA) is 26.3 Å². The lowest BCUT2D eigenvalue weighted by molar-refractivity contribution is -0.121. The van der Waals surface area contributed by atoms with Crippen molar-refractivity contribution in [3.63, 3.8) is 0 Å². The van der Waals surface area contributed by atoms with Crippen LogP contribution in [0.2, 0.25) is 39.3 Å². The van der Waals surface area contributed by atoms with E-state index in [4.69, 9.17) is 4.74 Å². The first-order valence-corrected chi connectivity index (χ1v) is 19.6. The van der Waals surface area contributed by atoms with Gasteiger partial charge in [-0.3, -0.25) is 4.79 Å². The van der Waals surface area contributed by atoms with Crippen LogP contribution in [-0.4, -0.2) is 34.2 Å². The van der Waals surface area contributed by atoms with E-state index in [1.54, 1.807) is 0 Å². The molecule has 4 saturated carbocycles. The molecular formula is C17H33O2Si3-. The summed E-state index contributed by atoms with van der Waals surface area (Å²) < 4.78 is 6.44. The highest BCUT2D eigenvalue weighted by Crippen LogP contribution is 2.57. The quantitative estimate of drug-likeness (QED) is 0.665. The number of hydrogen-bond acceptors (Lipinski definition) is 2. The van der Waals surface area contributed by atoms with E-state index in [0.29, 0.717) is 0 Å². The Hall–Kier alpha value is 0.121. The zero-order chi connectivity index (χ0) is 16.3. The van der Waals surface area contributed by atoms with Crippen LogP contribution in [0.25, 0.3) is 0 Å². The Kier molecular flexibility index (Phi) is 4.10. The Balaban J connectivity index is 1.78. The van der Waals surface area contributed by atoms with Crippen molar-refractivity contribution >= 4 is 28.6 Å². The molecule has 4 aliphatic carbocycles. The maximum Gasteiger partial charge on any atom is 0.134 e. The summed E-state index contributed by atoms with van der Waals surface area (Å²) in [5.74, 6) is 2.57. The first kappa shape index (κ1) is 17.0. The third kappa shape index (κ3) is 3.18. The average molecular weight is 354 g/mol. The molecule has 0 radical (unpaired) electrons. The molecule has 4 rings (SSSR count). The van der Waals surface area contributed by atoms with Crippen LogP contribution in [0.3, 0.4) is 0 Å². The van der Waals surface area contributed by atoms with Gasteiger partial charge in [-0.25, -0.2) is 0 Å². The third-order valence-corrected chi connectivity index (χ3v) is 33.2. The second kappa shape index (κ2) is 5.31. The van der Waals surface area contributed by atoms with Gasteiger partial charge in [0.05, 0.1) is 0 Å². The van der Waals surface area contributed by atoms with Crippen molar-refractivity contribution in [3.8, 4) is 0 Å². The van der Waals surface area contributed by atoms with Crippen LogP contribution in [0, 0.1) is 17.8 Å². The second-order valence-corrected chi connectivity index (χ2v) is 34.0. The summed E-state index contributed by atoms with van der Waals surface area (Å²) in [7, 11) is -3.84. The summed E-state index contributed by atoms with van der Waals surface area (Å²) in [5, 5.41) is 0. The summed E-state index contributed by atoms with van der Waals surface area (Å²) in [6, 6.07) is 0. The number of hydrogen-bond donors (Lipinski definition) is 0. The molecule has 0 atom stereocenters. The van der Waals surface area contributed by atoms with Gasteiger partial charge in [0.2, 0.25) is 0 Å². The molecule has 0 aromatic carbocycles. The predicted octanol–water partition coefficient (Wildman–Crippen LogP) is 5.00. The Bertz CT molecular complexity index is 412. The zero-order valence-electron chi connectivity index (χ0n) is 15.3. The highest BCUT2D eigenvalue weighted by molar-refractivity contribution is 7.68. The van der Waals surface area contributed by atoms with Gasteiger partial charge in [-0.05, 0) is 56.3 Å². The minimum absolute atomic E-state index is 0.0406. The van der Waals surface area contributed by atoms with E-state index >= 15 is 0 Å². The summed E-state index contributed by atoms with van der Waals surface area (Å²) in [4.78, 5) is 13.2. The minimum atomic E-state index is -1.43. The van der Waals surface area contributed by atoms with E-state index in [9.17, 15) is 4.79 Å². The van der Waals surface area contributed by atoms with Crippen molar-refractivity contribution in [2.45, 2.75) is 83.4 Å².